The van der Waals surface area contributed by atoms with E-state index >= 15 is 0 Å². The Morgan fingerprint density at radius 2 is 1.97 bits per heavy atom. The Labute approximate surface area is 179 Å². The average Bonchev–Trinajstić information content (AvgIpc) is 3.42. The molecule has 4 rings (SSSR count). The molecule has 2 fully saturated rings. The van der Waals surface area contributed by atoms with Crippen molar-refractivity contribution in [2.24, 2.45) is 5.92 Å². The predicted octanol–water partition coefficient (Wildman–Crippen LogP) is 3.82. The molecule has 0 bridgehead atoms. The van der Waals surface area contributed by atoms with Gasteiger partial charge in [-0.15, -0.1) is 0 Å². The van der Waals surface area contributed by atoms with E-state index in [4.69, 9.17) is 9.26 Å². The fourth-order valence-corrected chi connectivity index (χ4v) is 4.57. The number of carbonyl (C=O) groups excluding carboxylic acids is 1. The van der Waals surface area contributed by atoms with E-state index < -0.39 is 0 Å². The lowest BCUT2D eigenvalue weighted by molar-refractivity contribution is 0.0437. The number of hydrogen-bond donors (Lipinski definition) is 0. The van der Waals surface area contributed by atoms with Gasteiger partial charge < -0.3 is 14.2 Å². The van der Waals surface area contributed by atoms with Gasteiger partial charge in [-0.25, -0.2) is 0 Å². The van der Waals surface area contributed by atoms with Gasteiger partial charge in [0.2, 0.25) is 0 Å². The van der Waals surface area contributed by atoms with Crippen molar-refractivity contribution in [3.8, 4) is 0 Å². The lowest BCUT2D eigenvalue weighted by Gasteiger charge is -2.35. The third-order valence-electron chi connectivity index (χ3n) is 6.42. The van der Waals surface area contributed by atoms with E-state index in [-0.39, 0.29) is 12.0 Å². The number of aromatic nitrogens is 1. The van der Waals surface area contributed by atoms with E-state index in [1.165, 1.54) is 11.1 Å². The molecule has 1 atom stereocenters. The summed E-state index contributed by atoms with van der Waals surface area (Å²) < 4.78 is 11.0. The first-order valence-electron chi connectivity index (χ1n) is 11.2. The Balaban J connectivity index is 1.34. The largest absolute Gasteiger partial charge is 0.376 e. The first-order chi connectivity index (χ1) is 14.6. The van der Waals surface area contributed by atoms with Gasteiger partial charge in [0, 0.05) is 32.3 Å². The summed E-state index contributed by atoms with van der Waals surface area (Å²) in [5.41, 5.74) is 3.17. The summed E-state index contributed by atoms with van der Waals surface area (Å²) in [6.07, 6.45) is 4.46. The zero-order valence-corrected chi connectivity index (χ0v) is 18.2. The summed E-state index contributed by atoms with van der Waals surface area (Å²) >= 11 is 0. The summed E-state index contributed by atoms with van der Waals surface area (Å²) in [6, 6.07) is 10.4. The van der Waals surface area contributed by atoms with Gasteiger partial charge >= 0.3 is 0 Å². The van der Waals surface area contributed by atoms with Crippen LogP contribution in [0, 0.1) is 19.8 Å². The number of amides is 1. The van der Waals surface area contributed by atoms with Crippen LogP contribution in [0.15, 0.2) is 34.9 Å². The number of carbonyl (C=O) groups is 1. The van der Waals surface area contributed by atoms with Crippen LogP contribution in [0.3, 0.4) is 0 Å². The molecule has 6 heteroatoms. The highest BCUT2D eigenvalue weighted by atomic mass is 16.5. The molecule has 0 unspecified atom stereocenters. The number of rotatable bonds is 7. The molecule has 3 heterocycles. The smallest absolute Gasteiger partial charge is 0.276 e. The molecule has 2 aromatic rings. The van der Waals surface area contributed by atoms with Gasteiger partial charge in [-0.3, -0.25) is 9.69 Å². The van der Waals surface area contributed by atoms with Crippen molar-refractivity contribution in [1.82, 2.24) is 15.0 Å². The van der Waals surface area contributed by atoms with Gasteiger partial charge in [-0.2, -0.15) is 0 Å². The van der Waals surface area contributed by atoms with Crippen molar-refractivity contribution in [2.75, 3.05) is 32.8 Å². The van der Waals surface area contributed by atoms with E-state index in [2.05, 4.69) is 41.2 Å². The highest BCUT2D eigenvalue weighted by Gasteiger charge is 2.29. The van der Waals surface area contributed by atoms with Crippen LogP contribution in [-0.4, -0.2) is 59.8 Å². The maximum Gasteiger partial charge on any atom is 0.276 e. The van der Waals surface area contributed by atoms with E-state index in [9.17, 15) is 4.79 Å². The zero-order valence-electron chi connectivity index (χ0n) is 18.2. The van der Waals surface area contributed by atoms with E-state index in [1.54, 1.807) is 6.07 Å². The minimum atomic E-state index is -0.0373. The molecule has 2 aliphatic heterocycles. The standard InChI is InChI=1S/C24H33N3O3/c1-18-6-3-4-7-21(18)16-26-11-9-20(10-12-26)15-27(17-22-8-5-13-29-22)24(28)23-14-19(2)30-25-23/h3-4,6-7,14,20,22H,5,8-13,15-17H2,1-2H3/t22-/m0/s1. The fraction of sp³-hybridized carbons (Fsp3) is 0.583. The van der Waals surface area contributed by atoms with Crippen LogP contribution in [0.1, 0.15) is 53.1 Å². The third-order valence-corrected chi connectivity index (χ3v) is 6.42. The van der Waals surface area contributed by atoms with Crippen LogP contribution in [0.4, 0.5) is 0 Å². The average molecular weight is 412 g/mol. The number of benzene rings is 1. The van der Waals surface area contributed by atoms with Crippen molar-refractivity contribution in [3.05, 3.63) is 52.9 Å². The molecule has 0 saturated carbocycles. The SMILES string of the molecule is Cc1cc(C(=O)N(CC2CCN(Cc3ccccc3C)CC2)C[C@@H]2CCCO2)no1. The molecule has 0 aliphatic carbocycles. The van der Waals surface area contributed by atoms with Crippen LogP contribution < -0.4 is 0 Å². The number of ether oxygens (including phenoxy) is 1. The Bertz CT molecular complexity index is 836. The van der Waals surface area contributed by atoms with Crippen LogP contribution >= 0.6 is 0 Å². The first kappa shape index (κ1) is 21.1. The highest BCUT2D eigenvalue weighted by molar-refractivity contribution is 5.92. The molecule has 2 saturated heterocycles. The maximum absolute atomic E-state index is 13.1. The Kier molecular flexibility index (Phi) is 6.85. The predicted molar refractivity (Wildman–Crippen MR) is 115 cm³/mol. The van der Waals surface area contributed by atoms with Gasteiger partial charge in [-0.1, -0.05) is 29.4 Å². The molecular formula is C24H33N3O3. The number of aryl methyl sites for hydroxylation is 2. The second-order valence-corrected chi connectivity index (χ2v) is 8.81. The van der Waals surface area contributed by atoms with Gasteiger partial charge in [0.25, 0.3) is 5.91 Å². The van der Waals surface area contributed by atoms with Crippen LogP contribution in [0.5, 0.6) is 0 Å². The number of piperidine rings is 1. The zero-order chi connectivity index (χ0) is 20.9. The first-order valence-corrected chi connectivity index (χ1v) is 11.2. The molecule has 0 spiro atoms. The Morgan fingerprint density at radius 3 is 2.63 bits per heavy atom. The monoisotopic (exact) mass is 411 g/mol. The molecule has 6 nitrogen and oxygen atoms in total. The van der Waals surface area contributed by atoms with Crippen LogP contribution in [0.2, 0.25) is 0 Å². The summed E-state index contributed by atoms with van der Waals surface area (Å²) in [4.78, 5) is 17.6. The lowest BCUT2D eigenvalue weighted by Crippen LogP contribution is -2.43. The van der Waals surface area contributed by atoms with Gasteiger partial charge in [-0.05, 0) is 69.7 Å². The fourth-order valence-electron chi connectivity index (χ4n) is 4.57. The molecule has 1 amide bonds. The Hall–Kier alpha value is -2.18. The second kappa shape index (κ2) is 9.75. The van der Waals surface area contributed by atoms with Crippen molar-refractivity contribution in [3.63, 3.8) is 0 Å². The van der Waals surface area contributed by atoms with Gasteiger partial charge in [0.1, 0.15) is 5.76 Å². The maximum atomic E-state index is 13.1. The molecule has 1 aromatic carbocycles. The highest BCUT2D eigenvalue weighted by Crippen LogP contribution is 2.23. The molecule has 2 aliphatic rings. The van der Waals surface area contributed by atoms with Crippen molar-refractivity contribution >= 4 is 5.91 Å². The number of likely N-dealkylation sites (tertiary alicyclic amines) is 1. The Morgan fingerprint density at radius 1 is 1.17 bits per heavy atom. The topological polar surface area (TPSA) is 58.8 Å². The molecule has 0 N–H and O–H groups in total. The van der Waals surface area contributed by atoms with Gasteiger partial charge in [0.15, 0.2) is 5.69 Å². The minimum Gasteiger partial charge on any atom is -0.376 e. The number of hydrogen-bond acceptors (Lipinski definition) is 5. The van der Waals surface area contributed by atoms with Crippen LogP contribution in [0.25, 0.3) is 0 Å². The summed E-state index contributed by atoms with van der Waals surface area (Å²) in [7, 11) is 0. The molecular weight excluding hydrogens is 378 g/mol. The van der Waals surface area contributed by atoms with Crippen molar-refractivity contribution in [1.29, 1.82) is 0 Å². The third kappa shape index (κ3) is 5.29. The van der Waals surface area contributed by atoms with Crippen molar-refractivity contribution < 1.29 is 14.1 Å². The second-order valence-electron chi connectivity index (χ2n) is 8.81. The summed E-state index contributed by atoms with van der Waals surface area (Å²) in [5.74, 6) is 1.14. The quantitative estimate of drug-likeness (QED) is 0.693. The molecule has 30 heavy (non-hydrogen) atoms. The van der Waals surface area contributed by atoms with E-state index in [0.717, 1.165) is 58.5 Å². The summed E-state index contributed by atoms with van der Waals surface area (Å²) in [5, 5.41) is 3.96. The molecule has 0 radical (unpaired) electrons. The lowest BCUT2D eigenvalue weighted by atomic mass is 9.95. The van der Waals surface area contributed by atoms with Gasteiger partial charge in [0.05, 0.1) is 6.10 Å². The normalized spacial score (nSPS) is 20.5. The number of nitrogens with zero attached hydrogens (tertiary/aromatic N) is 3. The van der Waals surface area contributed by atoms with Crippen molar-refractivity contribution in [2.45, 2.75) is 52.2 Å². The van der Waals surface area contributed by atoms with Crippen LogP contribution in [-0.2, 0) is 11.3 Å². The van der Waals surface area contributed by atoms with E-state index in [0.29, 0.717) is 23.9 Å². The minimum absolute atomic E-state index is 0.0373. The summed E-state index contributed by atoms with van der Waals surface area (Å²) in [6.45, 7) is 9.37. The van der Waals surface area contributed by atoms with E-state index in [1.807, 2.05) is 11.8 Å². The molecule has 162 valence electrons. The molecule has 1 aromatic heterocycles.